The molecule has 0 aliphatic carbocycles. The molecule has 1 heterocycles. The highest BCUT2D eigenvalue weighted by Gasteiger charge is 2.13. The van der Waals surface area contributed by atoms with E-state index < -0.39 is 0 Å². The van der Waals surface area contributed by atoms with Crippen LogP contribution >= 0.6 is 11.6 Å². The second kappa shape index (κ2) is 3.11. The molecular weight excluding hydrogens is 148 g/mol. The molecule has 0 fully saturated rings. The number of furan rings is 1. The van der Waals surface area contributed by atoms with Gasteiger partial charge in [-0.3, -0.25) is 0 Å². The lowest BCUT2D eigenvalue weighted by atomic mass is 10.1. The van der Waals surface area contributed by atoms with Gasteiger partial charge in [-0.15, -0.1) is 11.6 Å². The van der Waals surface area contributed by atoms with E-state index in [0.717, 1.165) is 5.76 Å². The van der Waals surface area contributed by atoms with Crippen LogP contribution in [0, 0.1) is 0 Å². The van der Waals surface area contributed by atoms with Crippen molar-refractivity contribution < 1.29 is 4.42 Å². The minimum Gasteiger partial charge on any atom is -0.469 e. The summed E-state index contributed by atoms with van der Waals surface area (Å²) in [5.41, 5.74) is 0. The molecule has 1 rings (SSSR count). The van der Waals surface area contributed by atoms with E-state index >= 15 is 0 Å². The van der Waals surface area contributed by atoms with Gasteiger partial charge in [0.1, 0.15) is 5.76 Å². The highest BCUT2D eigenvalue weighted by atomic mass is 35.5. The van der Waals surface area contributed by atoms with E-state index in [-0.39, 0.29) is 5.38 Å². The van der Waals surface area contributed by atoms with E-state index in [1.54, 1.807) is 6.26 Å². The van der Waals surface area contributed by atoms with E-state index in [2.05, 4.69) is 6.92 Å². The van der Waals surface area contributed by atoms with Crippen molar-refractivity contribution in [3.05, 3.63) is 24.2 Å². The maximum Gasteiger partial charge on any atom is 0.108 e. The summed E-state index contributed by atoms with van der Waals surface area (Å²) in [5, 5.41) is 0.131. The zero-order chi connectivity index (χ0) is 7.56. The second-order valence-electron chi connectivity index (χ2n) is 2.48. The van der Waals surface area contributed by atoms with Crippen molar-refractivity contribution in [2.45, 2.75) is 25.1 Å². The molecule has 2 unspecified atom stereocenters. The number of halogens is 1. The molecule has 0 radical (unpaired) electrons. The molecule has 56 valence electrons. The fourth-order valence-corrected chi connectivity index (χ4v) is 0.901. The Hall–Kier alpha value is -0.430. The highest BCUT2D eigenvalue weighted by Crippen LogP contribution is 2.22. The molecule has 2 atom stereocenters. The van der Waals surface area contributed by atoms with Crippen LogP contribution in [0.4, 0.5) is 0 Å². The Labute approximate surface area is 66.0 Å². The topological polar surface area (TPSA) is 13.1 Å². The van der Waals surface area contributed by atoms with Gasteiger partial charge in [0, 0.05) is 11.3 Å². The molecule has 0 aromatic carbocycles. The molecule has 0 amide bonds. The lowest BCUT2D eigenvalue weighted by Crippen LogP contribution is -2.02. The van der Waals surface area contributed by atoms with Crippen LogP contribution in [-0.4, -0.2) is 5.38 Å². The summed E-state index contributed by atoms with van der Waals surface area (Å²) in [6.07, 6.45) is 1.67. The SMILES string of the molecule is CC(Cl)C(C)c1ccco1. The van der Waals surface area contributed by atoms with Gasteiger partial charge in [0.15, 0.2) is 0 Å². The Morgan fingerprint density at radius 1 is 1.50 bits per heavy atom. The Kier molecular flexibility index (Phi) is 2.39. The standard InChI is InChI=1S/C8H11ClO/c1-6(7(2)9)8-4-3-5-10-8/h3-7H,1-2H3. The summed E-state index contributed by atoms with van der Waals surface area (Å²) in [5.74, 6) is 1.26. The van der Waals surface area contributed by atoms with Crippen molar-refractivity contribution in [2.24, 2.45) is 0 Å². The van der Waals surface area contributed by atoms with Gasteiger partial charge in [-0.25, -0.2) is 0 Å². The van der Waals surface area contributed by atoms with E-state index in [1.165, 1.54) is 0 Å². The molecule has 0 N–H and O–H groups in total. The maximum absolute atomic E-state index is 5.86. The first-order chi connectivity index (χ1) is 4.72. The van der Waals surface area contributed by atoms with E-state index in [4.69, 9.17) is 16.0 Å². The molecule has 0 aliphatic rings. The third kappa shape index (κ3) is 1.54. The Balaban J connectivity index is 2.68. The number of hydrogen-bond donors (Lipinski definition) is 0. The van der Waals surface area contributed by atoms with Crippen molar-refractivity contribution in [3.63, 3.8) is 0 Å². The first kappa shape index (κ1) is 7.67. The summed E-state index contributed by atoms with van der Waals surface area (Å²) in [4.78, 5) is 0. The average Bonchev–Trinajstić information content (AvgIpc) is 2.36. The predicted molar refractivity (Wildman–Crippen MR) is 42.4 cm³/mol. The lowest BCUT2D eigenvalue weighted by molar-refractivity contribution is 0.471. The van der Waals surface area contributed by atoms with Gasteiger partial charge in [0.05, 0.1) is 6.26 Å². The summed E-state index contributed by atoms with van der Waals surface area (Å²) in [6.45, 7) is 4.02. The molecule has 10 heavy (non-hydrogen) atoms. The largest absolute Gasteiger partial charge is 0.469 e. The monoisotopic (exact) mass is 158 g/mol. The van der Waals surface area contributed by atoms with Gasteiger partial charge < -0.3 is 4.42 Å². The fourth-order valence-electron chi connectivity index (χ4n) is 0.777. The number of alkyl halides is 1. The lowest BCUT2D eigenvalue weighted by Gasteiger charge is -2.09. The van der Waals surface area contributed by atoms with Crippen LogP contribution in [0.2, 0.25) is 0 Å². The van der Waals surface area contributed by atoms with Crippen LogP contribution < -0.4 is 0 Å². The normalized spacial score (nSPS) is 16.7. The molecular formula is C8H11ClO. The van der Waals surface area contributed by atoms with Crippen LogP contribution in [0.25, 0.3) is 0 Å². The summed E-state index contributed by atoms with van der Waals surface area (Å²) < 4.78 is 5.17. The van der Waals surface area contributed by atoms with Crippen molar-refractivity contribution in [2.75, 3.05) is 0 Å². The third-order valence-corrected chi connectivity index (χ3v) is 2.06. The van der Waals surface area contributed by atoms with Gasteiger partial charge in [0.25, 0.3) is 0 Å². The predicted octanol–water partition coefficient (Wildman–Crippen LogP) is 3.01. The first-order valence-electron chi connectivity index (χ1n) is 3.39. The molecule has 0 spiro atoms. The smallest absolute Gasteiger partial charge is 0.108 e. The van der Waals surface area contributed by atoms with Gasteiger partial charge in [-0.2, -0.15) is 0 Å². The van der Waals surface area contributed by atoms with E-state index in [1.807, 2.05) is 19.1 Å². The molecule has 1 nitrogen and oxygen atoms in total. The van der Waals surface area contributed by atoms with Gasteiger partial charge in [0.2, 0.25) is 0 Å². The van der Waals surface area contributed by atoms with Crippen LogP contribution in [0.15, 0.2) is 22.8 Å². The minimum absolute atomic E-state index is 0.131. The molecule has 0 saturated heterocycles. The molecule has 0 bridgehead atoms. The van der Waals surface area contributed by atoms with Gasteiger partial charge in [-0.1, -0.05) is 6.92 Å². The van der Waals surface area contributed by atoms with Gasteiger partial charge >= 0.3 is 0 Å². The van der Waals surface area contributed by atoms with Crippen molar-refractivity contribution in [1.29, 1.82) is 0 Å². The van der Waals surface area contributed by atoms with E-state index in [9.17, 15) is 0 Å². The zero-order valence-corrected chi connectivity index (χ0v) is 6.93. The van der Waals surface area contributed by atoms with Crippen molar-refractivity contribution in [1.82, 2.24) is 0 Å². The van der Waals surface area contributed by atoms with E-state index in [0.29, 0.717) is 5.92 Å². The number of rotatable bonds is 2. The first-order valence-corrected chi connectivity index (χ1v) is 3.83. The zero-order valence-electron chi connectivity index (χ0n) is 6.17. The summed E-state index contributed by atoms with van der Waals surface area (Å²) >= 11 is 5.86. The minimum atomic E-state index is 0.131. The van der Waals surface area contributed by atoms with Crippen molar-refractivity contribution >= 4 is 11.6 Å². The molecule has 1 aromatic heterocycles. The van der Waals surface area contributed by atoms with Crippen molar-refractivity contribution in [3.8, 4) is 0 Å². The van der Waals surface area contributed by atoms with Crippen LogP contribution in [0.3, 0.4) is 0 Å². The molecule has 0 aliphatic heterocycles. The van der Waals surface area contributed by atoms with Crippen LogP contribution in [0.1, 0.15) is 25.5 Å². The Bertz CT molecular complexity index is 179. The summed E-state index contributed by atoms with van der Waals surface area (Å²) in [7, 11) is 0. The summed E-state index contributed by atoms with van der Waals surface area (Å²) in [6, 6.07) is 3.83. The Morgan fingerprint density at radius 2 is 2.20 bits per heavy atom. The molecule has 1 aromatic rings. The highest BCUT2D eigenvalue weighted by molar-refractivity contribution is 6.20. The third-order valence-electron chi connectivity index (χ3n) is 1.68. The van der Waals surface area contributed by atoms with Crippen LogP contribution in [0.5, 0.6) is 0 Å². The van der Waals surface area contributed by atoms with Crippen LogP contribution in [-0.2, 0) is 0 Å². The Morgan fingerprint density at radius 3 is 2.60 bits per heavy atom. The fraction of sp³-hybridized carbons (Fsp3) is 0.500. The average molecular weight is 159 g/mol. The van der Waals surface area contributed by atoms with Gasteiger partial charge in [-0.05, 0) is 19.1 Å². The number of hydrogen-bond acceptors (Lipinski definition) is 1. The second-order valence-corrected chi connectivity index (χ2v) is 3.17. The quantitative estimate of drug-likeness (QED) is 0.604. The maximum atomic E-state index is 5.86. The molecule has 0 saturated carbocycles. The molecule has 2 heteroatoms.